The van der Waals surface area contributed by atoms with E-state index in [0.717, 1.165) is 71.9 Å². The van der Waals surface area contributed by atoms with Gasteiger partial charge in [-0.3, -0.25) is 29.3 Å². The summed E-state index contributed by atoms with van der Waals surface area (Å²) in [5, 5.41) is 14.8. The van der Waals surface area contributed by atoms with E-state index in [9.17, 15) is 19.2 Å². The maximum absolute atomic E-state index is 16.2. The van der Waals surface area contributed by atoms with Crippen molar-refractivity contribution >= 4 is 57.9 Å². The average molecular weight is 987 g/mol. The molecule has 0 radical (unpaired) electrons. The number of likely N-dealkylation sites (tertiary alicyclic amines) is 1. The van der Waals surface area contributed by atoms with Gasteiger partial charge in [0.05, 0.1) is 23.2 Å². The second-order valence-corrected chi connectivity index (χ2v) is 19.3. The van der Waals surface area contributed by atoms with Crippen LogP contribution in [0, 0.1) is 17.6 Å². The van der Waals surface area contributed by atoms with Crippen LogP contribution in [0.2, 0.25) is 5.02 Å². The third-order valence-corrected chi connectivity index (χ3v) is 15.2. The van der Waals surface area contributed by atoms with Crippen molar-refractivity contribution in [1.29, 1.82) is 0 Å². The summed E-state index contributed by atoms with van der Waals surface area (Å²) < 4.78 is 45.8. The highest BCUT2D eigenvalue weighted by atomic mass is 35.5. The van der Waals surface area contributed by atoms with E-state index in [-0.39, 0.29) is 76.0 Å². The zero-order valence-electron chi connectivity index (χ0n) is 39.6. The van der Waals surface area contributed by atoms with Gasteiger partial charge >= 0.3 is 6.03 Å². The molecule has 368 valence electrons. The van der Waals surface area contributed by atoms with Gasteiger partial charge < -0.3 is 30.7 Å². The molecule has 4 aromatic carbocycles. The molecule has 2 aromatic heterocycles. The first-order chi connectivity index (χ1) is 34.2. The average Bonchev–Trinajstić information content (AvgIpc) is 3.85. The predicted octanol–water partition coefficient (Wildman–Crippen LogP) is 8.43. The van der Waals surface area contributed by atoms with Gasteiger partial charge in [-0.1, -0.05) is 54.9 Å². The number of urea groups is 1. The Kier molecular flexibility index (Phi) is 12.9. The monoisotopic (exact) mass is 985 g/mol. The van der Waals surface area contributed by atoms with Gasteiger partial charge in [-0.25, -0.2) is 18.6 Å². The molecule has 1 saturated carbocycles. The van der Waals surface area contributed by atoms with Crippen molar-refractivity contribution in [2.45, 2.75) is 75.5 Å². The van der Waals surface area contributed by atoms with Crippen molar-refractivity contribution in [3.8, 4) is 33.8 Å². The molecule has 5 amide bonds. The summed E-state index contributed by atoms with van der Waals surface area (Å²) in [5.41, 5.74) is 8.25. The molecule has 2 atom stereocenters. The molecule has 1 aliphatic carbocycles. The Morgan fingerprint density at radius 2 is 1.68 bits per heavy atom. The summed E-state index contributed by atoms with van der Waals surface area (Å²) in [4.78, 5) is 59.1. The number of aryl methyl sites for hydroxylation is 1. The van der Waals surface area contributed by atoms with Gasteiger partial charge in [0.1, 0.15) is 17.4 Å². The molecule has 3 fully saturated rings. The molecule has 0 bridgehead atoms. The number of carbonyl (C=O) groups is 4. The molecule has 15 nitrogen and oxygen atoms in total. The van der Waals surface area contributed by atoms with Gasteiger partial charge in [0.15, 0.2) is 23.0 Å². The van der Waals surface area contributed by atoms with Crippen LogP contribution in [-0.2, 0) is 22.2 Å². The number of nitrogens with two attached hydrogens (primary N) is 1. The molecular formula is C53H54ClF2N9O6. The van der Waals surface area contributed by atoms with Crippen molar-refractivity contribution < 1.29 is 37.4 Å². The molecule has 4 aliphatic rings. The van der Waals surface area contributed by atoms with E-state index in [0.29, 0.717) is 31.0 Å². The lowest BCUT2D eigenvalue weighted by molar-refractivity contribution is -0.137. The third kappa shape index (κ3) is 8.79. The molecule has 0 unspecified atom stereocenters. The number of methoxy groups -OCH3 is 1. The molecule has 5 N–H and O–H groups in total. The lowest BCUT2D eigenvalue weighted by Crippen LogP contribution is -2.49. The number of primary amides is 1. The first kappa shape index (κ1) is 47.6. The number of hydrogen-bond donors (Lipinski definition) is 4. The van der Waals surface area contributed by atoms with E-state index in [1.165, 1.54) is 30.2 Å². The van der Waals surface area contributed by atoms with Gasteiger partial charge in [-0.15, -0.1) is 0 Å². The van der Waals surface area contributed by atoms with Gasteiger partial charge in [0.25, 0.3) is 0 Å². The Bertz CT molecular complexity index is 3080. The van der Waals surface area contributed by atoms with E-state index in [4.69, 9.17) is 26.8 Å². The number of amides is 5. The van der Waals surface area contributed by atoms with E-state index < -0.39 is 35.1 Å². The van der Waals surface area contributed by atoms with Gasteiger partial charge in [-0.2, -0.15) is 5.10 Å². The standard InChI is InChI=1S/C53H54ClF2N9O6/c1-29-44-41(27-38(55)47(54)46(44)45-37(49(57)67)15-16-40(70-3)48(45)56)71-53(29,33-7-5-4-6-8-33)28-59-34-12-9-30(10-13-34)51(68)64-22-18-35(19-23-64)60-42-26-32(17-21-58-42)31-11-14-36-39(25-31)63(2)62-50(36)65-24-20-43(66)61-52(65)69/h4-8,11,14-17,21,25-27,29-30,34-35,59H,9-10,12-13,18-20,22-24,28H2,1-3H3,(H2,57,67)(H,58,60)(H,61,66,69)/t29-,30?,34?,53-/m0/s1. The Morgan fingerprint density at radius 3 is 2.39 bits per heavy atom. The molecule has 2 saturated heterocycles. The second kappa shape index (κ2) is 19.2. The van der Waals surface area contributed by atoms with E-state index in [2.05, 4.69) is 26.0 Å². The molecule has 71 heavy (non-hydrogen) atoms. The number of nitrogens with zero attached hydrogens (tertiary/aromatic N) is 5. The van der Waals surface area contributed by atoms with Crippen molar-refractivity contribution in [3.63, 3.8) is 0 Å². The van der Waals surface area contributed by atoms with Gasteiger partial charge in [0.2, 0.25) is 17.7 Å². The first-order valence-corrected chi connectivity index (χ1v) is 24.4. The highest BCUT2D eigenvalue weighted by Crippen LogP contribution is 2.56. The van der Waals surface area contributed by atoms with Crippen LogP contribution in [0.3, 0.4) is 0 Å². The van der Waals surface area contributed by atoms with Crippen molar-refractivity contribution in [2.24, 2.45) is 18.7 Å². The summed E-state index contributed by atoms with van der Waals surface area (Å²) in [7, 11) is 3.13. The fourth-order valence-electron chi connectivity index (χ4n) is 11.0. The van der Waals surface area contributed by atoms with Crippen LogP contribution < -0.4 is 36.1 Å². The Hall–Kier alpha value is -7.11. The number of carbonyl (C=O) groups excluding carboxylic acids is 4. The lowest BCUT2D eigenvalue weighted by Gasteiger charge is -2.38. The minimum Gasteiger partial charge on any atom is -0.494 e. The van der Waals surface area contributed by atoms with Crippen LogP contribution in [0.25, 0.3) is 33.2 Å². The van der Waals surface area contributed by atoms with Crippen molar-refractivity contribution in [1.82, 2.24) is 30.3 Å². The first-order valence-electron chi connectivity index (χ1n) is 24.0. The summed E-state index contributed by atoms with van der Waals surface area (Å²) in [6.07, 6.45) is 6.51. The van der Waals surface area contributed by atoms with E-state index >= 15 is 8.78 Å². The molecule has 0 spiro atoms. The number of ether oxygens (including phenoxy) is 2. The summed E-state index contributed by atoms with van der Waals surface area (Å²) >= 11 is 6.70. The molecular weight excluding hydrogens is 932 g/mol. The Balaban J connectivity index is 0.767. The normalized spacial score (nSPS) is 21.5. The highest BCUT2D eigenvalue weighted by molar-refractivity contribution is 6.34. The molecule has 18 heteroatoms. The topological polar surface area (TPSA) is 186 Å². The third-order valence-electron chi connectivity index (χ3n) is 14.9. The fraction of sp³-hybridized carbons (Fsp3) is 0.358. The minimum atomic E-state index is -1.09. The molecule has 5 heterocycles. The predicted molar refractivity (Wildman–Crippen MR) is 265 cm³/mol. The number of aromatic nitrogens is 3. The van der Waals surface area contributed by atoms with Crippen LogP contribution in [0.15, 0.2) is 85.1 Å². The van der Waals surface area contributed by atoms with Crippen LogP contribution in [-0.4, -0.2) is 88.8 Å². The number of benzene rings is 4. The van der Waals surface area contributed by atoms with Crippen molar-refractivity contribution in [2.75, 3.05) is 43.5 Å². The number of rotatable bonds is 12. The highest BCUT2D eigenvalue weighted by Gasteiger charge is 2.50. The zero-order valence-corrected chi connectivity index (χ0v) is 40.3. The van der Waals surface area contributed by atoms with Gasteiger partial charge in [-0.05, 0) is 91.6 Å². The van der Waals surface area contributed by atoms with Gasteiger partial charge in [0, 0.05) is 97.9 Å². The number of imide groups is 1. The van der Waals surface area contributed by atoms with E-state index in [1.807, 2.05) is 79.5 Å². The second-order valence-electron chi connectivity index (χ2n) is 18.9. The fourth-order valence-corrected chi connectivity index (χ4v) is 11.3. The van der Waals surface area contributed by atoms with Crippen LogP contribution in [0.5, 0.6) is 11.5 Å². The summed E-state index contributed by atoms with van der Waals surface area (Å²) in [5.74, 6) is -2.10. The smallest absolute Gasteiger partial charge is 0.329 e. The minimum absolute atomic E-state index is 0.0125. The quantitative estimate of drug-likeness (QED) is 0.0928. The maximum atomic E-state index is 16.2. The Morgan fingerprint density at radius 1 is 0.930 bits per heavy atom. The SMILES string of the molecule is COc1ccc(C(N)=O)c(-c2c(Cl)c(F)cc3c2[C@H](C)[C@@](CNC2CCC(C(=O)N4CCC(Nc5cc(-c6ccc7c(N8CCC(=O)NC8=O)nn(C)c7c6)ccn5)CC4)CC2)(c2ccccc2)O3)c1F. The number of fused-ring (bicyclic) bond motifs is 2. The number of nitrogens with one attached hydrogen (secondary N) is 3. The Labute approximate surface area is 414 Å². The van der Waals surface area contributed by atoms with Crippen LogP contribution >= 0.6 is 11.6 Å². The molecule has 3 aliphatic heterocycles. The van der Waals surface area contributed by atoms with Crippen LogP contribution in [0.4, 0.5) is 25.2 Å². The molecule has 10 rings (SSSR count). The van der Waals surface area contributed by atoms with Crippen molar-refractivity contribution in [3.05, 3.63) is 118 Å². The maximum Gasteiger partial charge on any atom is 0.329 e. The number of hydrogen-bond acceptors (Lipinski definition) is 10. The number of anilines is 2. The summed E-state index contributed by atoms with van der Waals surface area (Å²) in [6, 6.07) is 23.1. The number of pyridine rings is 1. The number of halogens is 3. The largest absolute Gasteiger partial charge is 0.494 e. The lowest BCUT2D eigenvalue weighted by atomic mass is 9.77. The zero-order chi connectivity index (χ0) is 49.7. The summed E-state index contributed by atoms with van der Waals surface area (Å²) in [6.45, 7) is 3.78. The van der Waals surface area contributed by atoms with Crippen LogP contribution in [0.1, 0.15) is 79.3 Å². The van der Waals surface area contributed by atoms with E-state index in [1.54, 1.807) is 10.9 Å². The number of piperidine rings is 1. The molecule has 6 aromatic rings.